The molecule has 0 aliphatic carbocycles. The van der Waals surface area contributed by atoms with Gasteiger partial charge in [-0.1, -0.05) is 6.07 Å². The summed E-state index contributed by atoms with van der Waals surface area (Å²) in [6.07, 6.45) is 1.52. The Morgan fingerprint density at radius 1 is 1.35 bits per heavy atom. The van der Waals surface area contributed by atoms with Crippen LogP contribution < -0.4 is 5.32 Å². The lowest BCUT2D eigenvalue weighted by molar-refractivity contribution is 0.102. The van der Waals surface area contributed by atoms with Crippen LogP contribution in [0.15, 0.2) is 34.9 Å². The van der Waals surface area contributed by atoms with Gasteiger partial charge < -0.3 is 9.73 Å². The highest BCUT2D eigenvalue weighted by atomic mass is 19.1. The summed E-state index contributed by atoms with van der Waals surface area (Å²) in [7, 11) is 0. The minimum Gasteiger partial charge on any atom is -0.469 e. The van der Waals surface area contributed by atoms with Crippen LogP contribution in [0.1, 0.15) is 21.7 Å². The Balaban J connectivity index is 2.23. The van der Waals surface area contributed by atoms with E-state index in [1.165, 1.54) is 18.4 Å². The number of hydrogen-bond donors (Lipinski definition) is 1. The number of aryl methyl sites for hydroxylation is 2. The van der Waals surface area contributed by atoms with Crippen LogP contribution in [0.3, 0.4) is 0 Å². The first-order valence-electron chi connectivity index (χ1n) is 5.19. The van der Waals surface area contributed by atoms with Gasteiger partial charge in [-0.05, 0) is 32.0 Å². The highest BCUT2D eigenvalue weighted by Crippen LogP contribution is 2.18. The molecule has 0 atom stereocenters. The van der Waals surface area contributed by atoms with E-state index in [1.54, 1.807) is 26.0 Å². The number of amides is 1. The van der Waals surface area contributed by atoms with Crippen LogP contribution in [0.4, 0.5) is 10.1 Å². The zero-order valence-electron chi connectivity index (χ0n) is 9.58. The van der Waals surface area contributed by atoms with Crippen molar-refractivity contribution in [2.45, 2.75) is 13.8 Å². The van der Waals surface area contributed by atoms with Gasteiger partial charge in [0.1, 0.15) is 11.6 Å². The molecule has 2 aromatic rings. The molecule has 0 radical (unpaired) electrons. The summed E-state index contributed by atoms with van der Waals surface area (Å²) in [5, 5.41) is 2.63. The van der Waals surface area contributed by atoms with Crippen LogP contribution in [0, 0.1) is 19.7 Å². The van der Waals surface area contributed by atoms with Gasteiger partial charge >= 0.3 is 0 Å². The number of hydrogen-bond acceptors (Lipinski definition) is 2. The Hall–Kier alpha value is -2.10. The minimum atomic E-state index is -0.386. The van der Waals surface area contributed by atoms with Crippen molar-refractivity contribution in [3.05, 3.63) is 53.2 Å². The molecule has 0 saturated carbocycles. The average Bonchev–Trinajstić information content (AvgIpc) is 2.58. The fourth-order valence-corrected chi connectivity index (χ4v) is 1.67. The molecule has 2 rings (SSSR count). The molecule has 1 amide bonds. The van der Waals surface area contributed by atoms with Gasteiger partial charge in [-0.3, -0.25) is 4.79 Å². The number of benzene rings is 1. The van der Waals surface area contributed by atoms with Crippen molar-refractivity contribution in [1.29, 1.82) is 0 Å². The van der Waals surface area contributed by atoms with Crippen LogP contribution in [0.5, 0.6) is 0 Å². The number of carbonyl (C=O) groups is 1. The van der Waals surface area contributed by atoms with E-state index < -0.39 is 0 Å². The standard InChI is InChI=1S/C13H12FNO2/c1-8-7-17-9(2)12(8)13(16)15-11-5-3-4-10(14)6-11/h3-7H,1-2H3,(H,15,16). The van der Waals surface area contributed by atoms with E-state index in [9.17, 15) is 9.18 Å². The number of furan rings is 1. The molecular formula is C13H12FNO2. The highest BCUT2D eigenvalue weighted by molar-refractivity contribution is 6.05. The smallest absolute Gasteiger partial charge is 0.259 e. The monoisotopic (exact) mass is 233 g/mol. The first kappa shape index (κ1) is 11.4. The molecule has 1 heterocycles. The molecule has 0 saturated heterocycles. The zero-order chi connectivity index (χ0) is 12.4. The van der Waals surface area contributed by atoms with Crippen LogP contribution in [-0.4, -0.2) is 5.91 Å². The van der Waals surface area contributed by atoms with Crippen molar-refractivity contribution in [2.75, 3.05) is 5.32 Å². The molecule has 3 nitrogen and oxygen atoms in total. The summed E-state index contributed by atoms with van der Waals surface area (Å²) in [4.78, 5) is 11.9. The van der Waals surface area contributed by atoms with Crippen LogP contribution in [-0.2, 0) is 0 Å². The average molecular weight is 233 g/mol. The quantitative estimate of drug-likeness (QED) is 0.864. The lowest BCUT2D eigenvalue weighted by Gasteiger charge is -2.05. The normalized spacial score (nSPS) is 10.3. The van der Waals surface area contributed by atoms with Gasteiger partial charge in [0.05, 0.1) is 11.8 Å². The molecule has 1 aromatic heterocycles. The van der Waals surface area contributed by atoms with E-state index in [1.807, 2.05) is 0 Å². The second-order valence-electron chi connectivity index (χ2n) is 3.81. The van der Waals surface area contributed by atoms with E-state index in [0.29, 0.717) is 17.0 Å². The Morgan fingerprint density at radius 3 is 2.71 bits per heavy atom. The fourth-order valence-electron chi connectivity index (χ4n) is 1.67. The lowest BCUT2D eigenvalue weighted by Crippen LogP contribution is -2.13. The summed E-state index contributed by atoms with van der Waals surface area (Å²) in [6.45, 7) is 3.50. The molecule has 1 aromatic carbocycles. The van der Waals surface area contributed by atoms with E-state index in [-0.39, 0.29) is 11.7 Å². The second-order valence-corrected chi connectivity index (χ2v) is 3.81. The third kappa shape index (κ3) is 2.36. The summed E-state index contributed by atoms with van der Waals surface area (Å²) < 4.78 is 18.1. The first-order chi connectivity index (χ1) is 8.08. The van der Waals surface area contributed by atoms with E-state index in [0.717, 1.165) is 5.56 Å². The number of halogens is 1. The van der Waals surface area contributed by atoms with Gasteiger partial charge in [0.25, 0.3) is 5.91 Å². The summed E-state index contributed by atoms with van der Waals surface area (Å²) in [6, 6.07) is 5.76. The third-order valence-electron chi connectivity index (χ3n) is 2.47. The maximum atomic E-state index is 12.9. The number of nitrogens with one attached hydrogen (secondary N) is 1. The zero-order valence-corrected chi connectivity index (χ0v) is 9.58. The van der Waals surface area contributed by atoms with E-state index >= 15 is 0 Å². The van der Waals surface area contributed by atoms with E-state index in [2.05, 4.69) is 5.32 Å². The predicted molar refractivity (Wildman–Crippen MR) is 62.5 cm³/mol. The predicted octanol–water partition coefficient (Wildman–Crippen LogP) is 3.29. The third-order valence-corrected chi connectivity index (χ3v) is 2.47. The van der Waals surface area contributed by atoms with Crippen LogP contribution >= 0.6 is 0 Å². The summed E-state index contributed by atoms with van der Waals surface area (Å²) in [5.74, 6) is -0.126. The number of anilines is 1. The maximum Gasteiger partial charge on any atom is 0.259 e. The molecule has 0 unspecified atom stereocenters. The Labute approximate surface area is 98.3 Å². The molecule has 88 valence electrons. The molecule has 4 heteroatoms. The van der Waals surface area contributed by atoms with Crippen LogP contribution in [0.25, 0.3) is 0 Å². The molecule has 0 aliphatic heterocycles. The summed E-state index contributed by atoms with van der Waals surface area (Å²) in [5.41, 5.74) is 1.68. The van der Waals surface area contributed by atoms with Gasteiger partial charge in [-0.15, -0.1) is 0 Å². The molecule has 1 N–H and O–H groups in total. The largest absolute Gasteiger partial charge is 0.469 e. The van der Waals surface area contributed by atoms with Crippen molar-refractivity contribution in [1.82, 2.24) is 0 Å². The SMILES string of the molecule is Cc1coc(C)c1C(=O)Nc1cccc(F)c1. The molecular weight excluding hydrogens is 221 g/mol. The van der Waals surface area contributed by atoms with E-state index in [4.69, 9.17) is 4.42 Å². The van der Waals surface area contributed by atoms with Crippen molar-refractivity contribution in [3.8, 4) is 0 Å². The number of carbonyl (C=O) groups excluding carboxylic acids is 1. The summed E-state index contributed by atoms with van der Waals surface area (Å²) >= 11 is 0. The Morgan fingerprint density at radius 2 is 2.12 bits per heavy atom. The Kier molecular flexibility index (Phi) is 2.95. The van der Waals surface area contributed by atoms with Crippen molar-refractivity contribution < 1.29 is 13.6 Å². The lowest BCUT2D eigenvalue weighted by atomic mass is 10.1. The number of rotatable bonds is 2. The molecule has 0 aliphatic rings. The highest BCUT2D eigenvalue weighted by Gasteiger charge is 2.15. The van der Waals surface area contributed by atoms with Crippen molar-refractivity contribution >= 4 is 11.6 Å². The topological polar surface area (TPSA) is 42.2 Å². The minimum absolute atomic E-state index is 0.292. The fraction of sp³-hybridized carbons (Fsp3) is 0.154. The van der Waals surface area contributed by atoms with Crippen molar-refractivity contribution in [3.63, 3.8) is 0 Å². The molecule has 0 fully saturated rings. The van der Waals surface area contributed by atoms with Crippen LogP contribution in [0.2, 0.25) is 0 Å². The van der Waals surface area contributed by atoms with Gasteiger partial charge in [0, 0.05) is 11.3 Å². The molecule has 0 spiro atoms. The maximum absolute atomic E-state index is 12.9. The van der Waals surface area contributed by atoms with Gasteiger partial charge in [-0.25, -0.2) is 4.39 Å². The van der Waals surface area contributed by atoms with Gasteiger partial charge in [-0.2, -0.15) is 0 Å². The Bertz CT molecular complexity index is 541. The van der Waals surface area contributed by atoms with Gasteiger partial charge in [0.15, 0.2) is 0 Å². The molecule has 17 heavy (non-hydrogen) atoms. The first-order valence-corrected chi connectivity index (χ1v) is 5.19. The molecule has 0 bridgehead atoms. The second kappa shape index (κ2) is 4.41. The van der Waals surface area contributed by atoms with Crippen molar-refractivity contribution in [2.24, 2.45) is 0 Å². The van der Waals surface area contributed by atoms with Gasteiger partial charge in [0.2, 0.25) is 0 Å².